The molecule has 67 heavy (non-hydrogen) atoms. The molecule has 0 radical (unpaired) electrons. The minimum atomic E-state index is -1.61. The molecule has 6 heterocycles. The van der Waals surface area contributed by atoms with Crippen LogP contribution in [0.25, 0.3) is 11.0 Å². The van der Waals surface area contributed by atoms with Gasteiger partial charge in [-0.1, -0.05) is 40.7 Å². The van der Waals surface area contributed by atoms with E-state index in [1.807, 2.05) is 79.9 Å². The number of likely N-dealkylation sites (N-methyl/N-ethyl adjacent to an activating group) is 1. The maximum Gasteiger partial charge on any atom is 0.410 e. The first-order valence-corrected chi connectivity index (χ1v) is 24.2. The molecule has 1 amide bonds. The molecule has 3 aromatic heterocycles. The largest absolute Gasteiger partial charge is 0.461 e. The van der Waals surface area contributed by atoms with Crippen molar-refractivity contribution in [2.75, 3.05) is 27.2 Å². The predicted molar refractivity (Wildman–Crippen MR) is 251 cm³/mol. The van der Waals surface area contributed by atoms with Crippen LogP contribution in [0, 0.1) is 23.7 Å². The SMILES string of the molecule is CC[C@H]1OC(=O)[C@H](C)[C@@H](OC(=O)Cc2ccccn2)[C@H](C)[C@@H](O[C@]2(C)O[C@H](C)C[C@H](N(C)CC)[C@H]2O)[C@](C)(OC)C[C@@H](C)C(=O)[C@H](C)[C@H]2N(CCCCn3ccc4cccnc43)C(=O)O[C@]12C. The standard InChI is InChI=1S/C51H75N5O11/c1-13-39-50(9)43(56(48(61)67-50)26-18-17-25-55-27-22-36-20-19-24-53-46(36)55)33(5)41(58)31(3)30-49(8,62-12)45(66-51(10)44(59)38(54(11)14-2)28-32(4)65-51)34(6)42(35(7)47(60)63-39)64-40(57)29-37-21-15-16-23-52-37/h15-16,19-24,27,31-35,38-39,42-45,59H,13-14,17-18,25-26,28-30H2,1-12H3/t31-,32-,33+,34+,35-,38+,39-,42+,43-,44-,45-,49-,50-,51+/m1/s1. The number of unbranched alkanes of at least 4 members (excludes halogenated alkanes) is 1. The number of aryl methyl sites for hydroxylation is 1. The van der Waals surface area contributed by atoms with Gasteiger partial charge >= 0.3 is 18.0 Å². The number of nitrogens with zero attached hydrogens (tertiary/aromatic N) is 5. The molecule has 0 saturated carbocycles. The normalized spacial score (nSPS) is 35.5. The van der Waals surface area contributed by atoms with Crippen molar-refractivity contribution in [1.29, 1.82) is 0 Å². The fourth-order valence-corrected chi connectivity index (χ4v) is 11.2. The molecule has 0 bridgehead atoms. The van der Waals surface area contributed by atoms with Crippen molar-refractivity contribution >= 4 is 34.8 Å². The zero-order chi connectivity index (χ0) is 49.0. The summed E-state index contributed by atoms with van der Waals surface area (Å²) in [5, 5.41) is 13.2. The van der Waals surface area contributed by atoms with E-state index in [1.165, 1.54) is 7.11 Å². The maximum atomic E-state index is 15.1. The van der Waals surface area contributed by atoms with Gasteiger partial charge in [-0.05, 0) is 111 Å². The number of ketones is 1. The Balaban J connectivity index is 1.39. The Morgan fingerprint density at radius 2 is 1.67 bits per heavy atom. The van der Waals surface area contributed by atoms with Gasteiger partial charge in [0.2, 0.25) is 0 Å². The van der Waals surface area contributed by atoms with Gasteiger partial charge in [-0.15, -0.1) is 0 Å². The van der Waals surface area contributed by atoms with Gasteiger partial charge < -0.3 is 47.9 Å². The Morgan fingerprint density at radius 1 is 0.955 bits per heavy atom. The summed E-state index contributed by atoms with van der Waals surface area (Å²) >= 11 is 0. The molecule has 6 rings (SSSR count). The van der Waals surface area contributed by atoms with Crippen LogP contribution in [0.1, 0.15) is 107 Å². The van der Waals surface area contributed by atoms with Crippen molar-refractivity contribution in [3.63, 3.8) is 0 Å². The predicted octanol–water partition coefficient (Wildman–Crippen LogP) is 6.78. The number of hydrogen-bond acceptors (Lipinski definition) is 14. The molecule has 1 N–H and O–H groups in total. The topological polar surface area (TPSA) is 181 Å². The highest BCUT2D eigenvalue weighted by Gasteiger charge is 2.61. The summed E-state index contributed by atoms with van der Waals surface area (Å²) in [6.07, 6.45) is 2.15. The van der Waals surface area contributed by atoms with Crippen LogP contribution in [0.5, 0.6) is 0 Å². The zero-order valence-corrected chi connectivity index (χ0v) is 41.7. The lowest BCUT2D eigenvalue weighted by Crippen LogP contribution is -2.65. The average molecular weight is 934 g/mol. The first kappa shape index (κ1) is 51.9. The molecule has 16 heteroatoms. The minimum Gasteiger partial charge on any atom is -0.461 e. The van der Waals surface area contributed by atoms with Gasteiger partial charge in [0.1, 0.15) is 29.7 Å². The van der Waals surface area contributed by atoms with Crippen LogP contribution in [-0.4, -0.2) is 140 Å². The van der Waals surface area contributed by atoms with Gasteiger partial charge in [0.25, 0.3) is 0 Å². The molecule has 14 atom stereocenters. The summed E-state index contributed by atoms with van der Waals surface area (Å²) in [7, 11) is 3.47. The summed E-state index contributed by atoms with van der Waals surface area (Å²) in [6, 6.07) is 10.0. The lowest BCUT2D eigenvalue weighted by Gasteiger charge is -2.52. The summed E-state index contributed by atoms with van der Waals surface area (Å²) in [5.41, 5.74) is -1.39. The van der Waals surface area contributed by atoms with E-state index < -0.39 is 89.2 Å². The molecule has 16 nitrogen and oxygen atoms in total. The van der Waals surface area contributed by atoms with Crippen LogP contribution in [0.2, 0.25) is 0 Å². The first-order valence-electron chi connectivity index (χ1n) is 24.2. The van der Waals surface area contributed by atoms with Crippen LogP contribution >= 0.6 is 0 Å². The van der Waals surface area contributed by atoms with Crippen LogP contribution in [0.3, 0.4) is 0 Å². The van der Waals surface area contributed by atoms with E-state index in [0.29, 0.717) is 44.6 Å². The molecule has 0 unspecified atom stereocenters. The number of aromatic nitrogens is 3. The van der Waals surface area contributed by atoms with Crippen LogP contribution < -0.4 is 0 Å². The third-order valence-electron chi connectivity index (χ3n) is 15.0. The van der Waals surface area contributed by atoms with Crippen molar-refractivity contribution in [1.82, 2.24) is 24.3 Å². The number of ether oxygens (including phenoxy) is 6. The third kappa shape index (κ3) is 10.9. The van der Waals surface area contributed by atoms with E-state index in [1.54, 1.807) is 56.3 Å². The number of rotatable bonds is 14. The summed E-state index contributed by atoms with van der Waals surface area (Å²) in [4.78, 5) is 70.6. The van der Waals surface area contributed by atoms with Crippen LogP contribution in [0.4, 0.5) is 4.79 Å². The first-order chi connectivity index (χ1) is 31.7. The number of hydrogen-bond donors (Lipinski definition) is 1. The third-order valence-corrected chi connectivity index (χ3v) is 15.0. The maximum absolute atomic E-state index is 15.1. The minimum absolute atomic E-state index is 0.115. The number of methoxy groups -OCH3 is 1. The Bertz CT molecular complexity index is 2170. The Labute approximate surface area is 396 Å². The molecule has 3 fully saturated rings. The number of aliphatic hydroxyl groups is 1. The highest BCUT2D eigenvalue weighted by atomic mass is 16.7. The van der Waals surface area contributed by atoms with E-state index >= 15 is 4.79 Å². The lowest BCUT2D eigenvalue weighted by atomic mass is 9.73. The molecular formula is C51H75N5O11. The van der Waals surface area contributed by atoms with Crippen LogP contribution in [-0.2, 0) is 55.8 Å². The van der Waals surface area contributed by atoms with Gasteiger partial charge in [-0.3, -0.25) is 19.4 Å². The summed E-state index contributed by atoms with van der Waals surface area (Å²) in [6.45, 7) is 19.8. The highest BCUT2D eigenvalue weighted by molar-refractivity contribution is 5.85. The van der Waals surface area contributed by atoms with Crippen molar-refractivity contribution in [3.05, 3.63) is 60.7 Å². The van der Waals surface area contributed by atoms with E-state index in [9.17, 15) is 19.5 Å². The number of fused-ring (bicyclic) bond motifs is 2. The van der Waals surface area contributed by atoms with Gasteiger partial charge in [0, 0.05) is 68.0 Å². The number of carbonyl (C=O) groups is 4. The smallest absolute Gasteiger partial charge is 0.410 e. The van der Waals surface area contributed by atoms with Crippen molar-refractivity contribution in [3.8, 4) is 0 Å². The van der Waals surface area contributed by atoms with E-state index in [0.717, 1.165) is 11.0 Å². The number of amides is 1. The van der Waals surface area contributed by atoms with Gasteiger partial charge in [-0.2, -0.15) is 0 Å². The molecule has 0 spiro atoms. The average Bonchev–Trinajstić information content (AvgIpc) is 3.84. The van der Waals surface area contributed by atoms with E-state index in [2.05, 4.69) is 19.4 Å². The summed E-state index contributed by atoms with van der Waals surface area (Å²) in [5.74, 6) is -6.47. The quantitative estimate of drug-likeness (QED) is 0.102. The van der Waals surface area contributed by atoms with Crippen molar-refractivity contribution < 1.29 is 52.7 Å². The number of cyclic esters (lactones) is 1. The highest BCUT2D eigenvalue weighted by Crippen LogP contribution is 2.45. The second kappa shape index (κ2) is 21.4. The second-order valence-corrected chi connectivity index (χ2v) is 19.9. The molecule has 0 aliphatic carbocycles. The van der Waals surface area contributed by atoms with Gasteiger partial charge in [0.15, 0.2) is 11.4 Å². The Kier molecular flexibility index (Phi) is 16.6. The number of pyridine rings is 2. The summed E-state index contributed by atoms with van der Waals surface area (Å²) < 4.78 is 41.3. The monoisotopic (exact) mass is 934 g/mol. The van der Waals surface area contributed by atoms with E-state index in [-0.39, 0.29) is 37.2 Å². The molecule has 0 aromatic carbocycles. The molecule has 3 aliphatic rings. The van der Waals surface area contributed by atoms with E-state index in [4.69, 9.17) is 28.4 Å². The Hall–Kier alpha value is -4.48. The molecule has 3 saturated heterocycles. The van der Waals surface area contributed by atoms with Gasteiger partial charge in [0.05, 0.1) is 41.9 Å². The van der Waals surface area contributed by atoms with Crippen molar-refractivity contribution in [2.24, 2.45) is 23.7 Å². The number of carbonyl (C=O) groups excluding carboxylic acids is 4. The van der Waals surface area contributed by atoms with Crippen molar-refractivity contribution in [2.45, 2.75) is 174 Å². The zero-order valence-electron chi connectivity index (χ0n) is 41.7. The molecule has 3 aliphatic heterocycles. The molecule has 370 valence electrons. The molecule has 3 aromatic rings. The van der Waals surface area contributed by atoms with Crippen LogP contribution in [0.15, 0.2) is 55.0 Å². The fourth-order valence-electron chi connectivity index (χ4n) is 11.2. The number of esters is 2. The molecular weight excluding hydrogens is 859 g/mol. The fraction of sp³-hybridized carbons (Fsp3) is 0.686. The number of aliphatic hydroxyl groups excluding tert-OH is 1. The Morgan fingerprint density at radius 3 is 2.34 bits per heavy atom. The van der Waals surface area contributed by atoms with Gasteiger partial charge in [-0.25, -0.2) is 9.78 Å². The second-order valence-electron chi connectivity index (χ2n) is 19.9. The lowest BCUT2D eigenvalue weighted by molar-refractivity contribution is -0.359. The number of Topliss-reactive ketones (excluding diaryl/α,β-unsaturated/α-hetero) is 1.